The topological polar surface area (TPSA) is 29.5 Å². The number of ether oxygens (including phenoxy) is 1. The van der Waals surface area contributed by atoms with Crippen molar-refractivity contribution >= 4 is 21.6 Å². The van der Waals surface area contributed by atoms with Crippen molar-refractivity contribution in [2.45, 2.75) is 128 Å². The van der Waals surface area contributed by atoms with Crippen molar-refractivity contribution in [1.29, 1.82) is 0 Å². The van der Waals surface area contributed by atoms with Crippen LogP contribution in [0.2, 0.25) is 0 Å². The van der Waals surface area contributed by atoms with E-state index in [0.717, 1.165) is 37.0 Å². The SMILES string of the molecule is CCC(CC)CCCCSSC(C)(C)CCOc1ccc2c(c1)CCC1C2CCC2(C)C(O)CCC12. The molecule has 2 saturated carbocycles. The van der Waals surface area contributed by atoms with E-state index in [9.17, 15) is 5.11 Å². The number of hydrogen-bond donors (Lipinski definition) is 1. The lowest BCUT2D eigenvalue weighted by Crippen LogP contribution is -2.43. The molecule has 5 unspecified atom stereocenters. The smallest absolute Gasteiger partial charge is 0.119 e. The number of aliphatic hydroxyl groups is 1. The van der Waals surface area contributed by atoms with Crippen molar-refractivity contribution in [1.82, 2.24) is 0 Å². The zero-order valence-corrected chi connectivity index (χ0v) is 25.3. The molecule has 3 aliphatic carbocycles. The van der Waals surface area contributed by atoms with E-state index >= 15 is 0 Å². The van der Waals surface area contributed by atoms with E-state index in [1.165, 1.54) is 75.5 Å². The van der Waals surface area contributed by atoms with Crippen LogP contribution >= 0.6 is 21.6 Å². The van der Waals surface area contributed by atoms with Gasteiger partial charge >= 0.3 is 0 Å². The highest BCUT2D eigenvalue weighted by atomic mass is 33.1. The predicted octanol–water partition coefficient (Wildman–Crippen LogP) is 9.44. The van der Waals surface area contributed by atoms with Crippen LogP contribution in [0.3, 0.4) is 0 Å². The molecule has 1 N–H and O–H groups in total. The van der Waals surface area contributed by atoms with E-state index < -0.39 is 0 Å². The highest BCUT2D eigenvalue weighted by Gasteiger charge is 2.54. The first-order chi connectivity index (χ1) is 17.3. The van der Waals surface area contributed by atoms with Crippen LogP contribution < -0.4 is 4.74 Å². The van der Waals surface area contributed by atoms with E-state index in [2.05, 4.69) is 63.6 Å². The molecule has 5 atom stereocenters. The molecule has 4 heteroatoms. The van der Waals surface area contributed by atoms with Gasteiger partial charge in [0.25, 0.3) is 0 Å². The fourth-order valence-corrected chi connectivity index (χ4v) is 10.3. The number of fused-ring (bicyclic) bond motifs is 5. The zero-order valence-electron chi connectivity index (χ0n) is 23.7. The van der Waals surface area contributed by atoms with Crippen LogP contribution in [0.5, 0.6) is 5.75 Å². The fraction of sp³-hybridized carbons (Fsp3) is 0.812. The molecule has 0 aromatic heterocycles. The molecule has 2 fully saturated rings. The van der Waals surface area contributed by atoms with Crippen molar-refractivity contribution in [2.75, 3.05) is 12.4 Å². The highest BCUT2D eigenvalue weighted by Crippen LogP contribution is 2.61. The Hall–Kier alpha value is -0.320. The largest absolute Gasteiger partial charge is 0.494 e. The molecular formula is C32H52O2S2. The third kappa shape index (κ3) is 6.63. The Morgan fingerprint density at radius 3 is 2.69 bits per heavy atom. The van der Waals surface area contributed by atoms with Gasteiger partial charge in [-0.2, -0.15) is 0 Å². The monoisotopic (exact) mass is 532 g/mol. The summed E-state index contributed by atoms with van der Waals surface area (Å²) in [6.07, 6.45) is 14.9. The first kappa shape index (κ1) is 28.7. The Labute approximate surface area is 229 Å². The molecule has 0 amide bonds. The van der Waals surface area contributed by atoms with Gasteiger partial charge in [0.2, 0.25) is 0 Å². The summed E-state index contributed by atoms with van der Waals surface area (Å²) in [4.78, 5) is 0. The molecule has 1 aromatic carbocycles. The highest BCUT2D eigenvalue weighted by molar-refractivity contribution is 8.77. The van der Waals surface area contributed by atoms with Crippen molar-refractivity contribution in [3.8, 4) is 5.75 Å². The summed E-state index contributed by atoms with van der Waals surface area (Å²) in [5, 5.41) is 10.6. The molecule has 2 nitrogen and oxygen atoms in total. The summed E-state index contributed by atoms with van der Waals surface area (Å²) in [5.74, 6) is 5.40. The van der Waals surface area contributed by atoms with E-state index in [-0.39, 0.29) is 16.3 Å². The Kier molecular flexibility index (Phi) is 10.1. The molecule has 1 aromatic rings. The summed E-state index contributed by atoms with van der Waals surface area (Å²) < 4.78 is 6.52. The van der Waals surface area contributed by atoms with Crippen LogP contribution in [0.4, 0.5) is 0 Å². The molecule has 204 valence electrons. The maximum Gasteiger partial charge on any atom is 0.119 e. The van der Waals surface area contributed by atoms with Gasteiger partial charge < -0.3 is 9.84 Å². The second-order valence-electron chi connectivity index (χ2n) is 12.9. The quantitative estimate of drug-likeness (QED) is 0.202. The molecule has 0 radical (unpaired) electrons. The Balaban J connectivity index is 1.20. The van der Waals surface area contributed by atoms with Gasteiger partial charge in [0, 0.05) is 10.5 Å². The van der Waals surface area contributed by atoms with Crippen LogP contribution in [0.1, 0.15) is 122 Å². The number of hydrogen-bond acceptors (Lipinski definition) is 4. The minimum atomic E-state index is -0.0826. The number of benzene rings is 1. The van der Waals surface area contributed by atoms with Gasteiger partial charge in [-0.25, -0.2) is 0 Å². The third-order valence-electron chi connectivity index (χ3n) is 10.2. The fourth-order valence-electron chi connectivity index (χ4n) is 7.57. The summed E-state index contributed by atoms with van der Waals surface area (Å²) in [5.41, 5.74) is 3.27. The van der Waals surface area contributed by atoms with E-state index in [4.69, 9.17) is 4.74 Å². The maximum atomic E-state index is 10.6. The average molecular weight is 533 g/mol. The first-order valence-corrected chi connectivity index (χ1v) is 17.3. The van der Waals surface area contributed by atoms with Crippen molar-refractivity contribution in [3.05, 3.63) is 29.3 Å². The number of unbranched alkanes of at least 4 members (excludes halogenated alkanes) is 1. The lowest BCUT2D eigenvalue weighted by atomic mass is 9.55. The first-order valence-electron chi connectivity index (χ1n) is 15.0. The lowest BCUT2D eigenvalue weighted by molar-refractivity contribution is -0.0226. The minimum absolute atomic E-state index is 0.0826. The maximum absolute atomic E-state index is 10.6. The van der Waals surface area contributed by atoms with Gasteiger partial charge in [0.15, 0.2) is 0 Å². The van der Waals surface area contributed by atoms with Gasteiger partial charge in [-0.3, -0.25) is 0 Å². The molecule has 36 heavy (non-hydrogen) atoms. The molecular weight excluding hydrogens is 480 g/mol. The summed E-state index contributed by atoms with van der Waals surface area (Å²) in [6, 6.07) is 6.96. The summed E-state index contributed by atoms with van der Waals surface area (Å²) >= 11 is 0. The van der Waals surface area contributed by atoms with Crippen LogP contribution in [0.15, 0.2) is 18.2 Å². The number of rotatable bonds is 13. The standard InChI is InChI=1S/C32H52O2S2/c1-6-23(7-2)10-8-9-21-35-36-31(3,4)19-20-34-25-12-14-26-24(22-25)11-13-28-27(26)17-18-32(5)29(28)15-16-30(32)33/h12,14,22-23,27-30,33H,6-11,13,15-21H2,1-5H3. The van der Waals surface area contributed by atoms with E-state index in [0.29, 0.717) is 11.8 Å². The molecule has 4 rings (SSSR count). The van der Waals surface area contributed by atoms with Crippen LogP contribution in [-0.2, 0) is 6.42 Å². The molecule has 3 aliphatic rings. The summed E-state index contributed by atoms with van der Waals surface area (Å²) in [6.45, 7) is 12.5. The van der Waals surface area contributed by atoms with Crippen molar-refractivity contribution < 1.29 is 9.84 Å². The Bertz CT molecular complexity index is 835. The van der Waals surface area contributed by atoms with Crippen LogP contribution in [-0.4, -0.2) is 28.3 Å². The molecule has 0 bridgehead atoms. The van der Waals surface area contributed by atoms with Crippen LogP contribution in [0.25, 0.3) is 0 Å². The Morgan fingerprint density at radius 1 is 1.11 bits per heavy atom. The molecule has 0 saturated heterocycles. The van der Waals surface area contributed by atoms with Gasteiger partial charge in [0.1, 0.15) is 5.75 Å². The second kappa shape index (κ2) is 12.7. The second-order valence-corrected chi connectivity index (χ2v) is 16.0. The van der Waals surface area contributed by atoms with Crippen molar-refractivity contribution in [2.24, 2.45) is 23.2 Å². The van der Waals surface area contributed by atoms with Gasteiger partial charge in [0.05, 0.1) is 12.7 Å². The third-order valence-corrected chi connectivity index (χ3v) is 13.6. The number of aliphatic hydroxyl groups excluding tert-OH is 1. The normalized spacial score (nSPS) is 29.6. The molecule has 0 spiro atoms. The summed E-state index contributed by atoms with van der Waals surface area (Å²) in [7, 11) is 4.10. The van der Waals surface area contributed by atoms with Crippen molar-refractivity contribution in [3.63, 3.8) is 0 Å². The molecule has 0 heterocycles. The molecule has 0 aliphatic heterocycles. The van der Waals surface area contributed by atoms with Gasteiger partial charge in [-0.05, 0) is 118 Å². The van der Waals surface area contributed by atoms with E-state index in [1.54, 1.807) is 5.56 Å². The predicted molar refractivity (Wildman–Crippen MR) is 159 cm³/mol. The van der Waals surface area contributed by atoms with Gasteiger partial charge in [-0.1, -0.05) is 74.1 Å². The van der Waals surface area contributed by atoms with Gasteiger partial charge in [-0.15, -0.1) is 0 Å². The number of aryl methyl sites for hydroxylation is 1. The lowest BCUT2D eigenvalue weighted by Gasteiger charge is -2.50. The Morgan fingerprint density at radius 2 is 1.92 bits per heavy atom. The minimum Gasteiger partial charge on any atom is -0.494 e. The van der Waals surface area contributed by atoms with E-state index in [1.807, 2.05) is 10.8 Å². The zero-order chi connectivity index (χ0) is 25.8. The van der Waals surface area contributed by atoms with Crippen LogP contribution in [0, 0.1) is 23.2 Å². The average Bonchev–Trinajstić information content (AvgIpc) is 3.17.